The fourth-order valence-electron chi connectivity index (χ4n) is 1.98. The summed E-state index contributed by atoms with van der Waals surface area (Å²) in [7, 11) is 5.37. The molecule has 0 radical (unpaired) electrons. The van der Waals surface area contributed by atoms with Crippen LogP contribution in [0.25, 0.3) is 10.9 Å². The summed E-state index contributed by atoms with van der Waals surface area (Å²) in [4.78, 5) is 29.1. The molecule has 0 fully saturated rings. The molecule has 0 aliphatic heterocycles. The van der Waals surface area contributed by atoms with Crippen LogP contribution < -0.4 is 20.8 Å². The Morgan fingerprint density at radius 1 is 1.36 bits per heavy atom. The van der Waals surface area contributed by atoms with E-state index in [1.807, 2.05) is 19.0 Å². The van der Waals surface area contributed by atoms with Crippen LogP contribution in [0.2, 0.25) is 0 Å². The van der Waals surface area contributed by atoms with Gasteiger partial charge in [-0.2, -0.15) is 0 Å². The van der Waals surface area contributed by atoms with E-state index in [9.17, 15) is 9.59 Å². The Hall–Kier alpha value is -2.54. The second-order valence-corrected chi connectivity index (χ2v) is 5.13. The summed E-state index contributed by atoms with van der Waals surface area (Å²) in [5.41, 5.74) is 0.628. The van der Waals surface area contributed by atoms with Gasteiger partial charge in [-0.25, -0.2) is 4.79 Å². The third-order valence-electron chi connectivity index (χ3n) is 3.18. The number of hydrogen-bond acceptors (Lipinski definition) is 4. The van der Waals surface area contributed by atoms with Crippen LogP contribution in [0.1, 0.15) is 0 Å². The van der Waals surface area contributed by atoms with E-state index < -0.39 is 6.03 Å². The molecule has 0 saturated carbocycles. The molecule has 1 aromatic heterocycles. The number of aromatic nitrogens is 1. The SMILES string of the molecule is COc1ccc2[nH]cc(NC(=O)NCCN(C)C)c(=O)c2c1. The fourth-order valence-corrected chi connectivity index (χ4v) is 1.98. The average Bonchev–Trinajstić information content (AvgIpc) is 2.49. The number of anilines is 1. The molecule has 118 valence electrons. The molecule has 0 bridgehead atoms. The number of carbonyl (C=O) groups excluding carboxylic acids is 1. The number of nitrogens with zero attached hydrogens (tertiary/aromatic N) is 1. The summed E-state index contributed by atoms with van der Waals surface area (Å²) < 4.78 is 5.12. The third kappa shape index (κ3) is 3.76. The topological polar surface area (TPSA) is 86.5 Å². The first-order valence-electron chi connectivity index (χ1n) is 6.90. The van der Waals surface area contributed by atoms with Crippen molar-refractivity contribution in [2.75, 3.05) is 39.6 Å². The Labute approximate surface area is 128 Å². The monoisotopic (exact) mass is 304 g/mol. The Morgan fingerprint density at radius 2 is 2.14 bits per heavy atom. The average molecular weight is 304 g/mol. The number of ether oxygens (including phenoxy) is 1. The molecule has 0 saturated heterocycles. The molecule has 1 heterocycles. The summed E-state index contributed by atoms with van der Waals surface area (Å²) in [5.74, 6) is 0.589. The highest BCUT2D eigenvalue weighted by Crippen LogP contribution is 2.17. The lowest BCUT2D eigenvalue weighted by Crippen LogP contribution is -2.35. The van der Waals surface area contributed by atoms with Crippen molar-refractivity contribution in [2.45, 2.75) is 0 Å². The summed E-state index contributed by atoms with van der Waals surface area (Å²) in [6.07, 6.45) is 1.49. The van der Waals surface area contributed by atoms with Crippen molar-refractivity contribution in [1.29, 1.82) is 0 Å². The van der Waals surface area contributed by atoms with E-state index in [0.29, 0.717) is 23.2 Å². The molecule has 7 heteroatoms. The molecule has 0 aliphatic rings. The third-order valence-corrected chi connectivity index (χ3v) is 3.18. The Morgan fingerprint density at radius 3 is 2.82 bits per heavy atom. The first-order chi connectivity index (χ1) is 10.5. The fraction of sp³-hybridized carbons (Fsp3) is 0.333. The van der Waals surface area contributed by atoms with Gasteiger partial charge in [-0.1, -0.05) is 0 Å². The predicted octanol–water partition coefficient (Wildman–Crippen LogP) is 1.22. The number of methoxy groups -OCH3 is 1. The Bertz CT molecular complexity index is 724. The largest absolute Gasteiger partial charge is 0.497 e. The van der Waals surface area contributed by atoms with Crippen LogP contribution in [0.15, 0.2) is 29.2 Å². The number of nitrogens with one attached hydrogen (secondary N) is 3. The second-order valence-electron chi connectivity index (χ2n) is 5.13. The lowest BCUT2D eigenvalue weighted by molar-refractivity contribution is 0.250. The lowest BCUT2D eigenvalue weighted by atomic mass is 10.2. The molecule has 0 spiro atoms. The molecular weight excluding hydrogens is 284 g/mol. The summed E-state index contributed by atoms with van der Waals surface area (Å²) >= 11 is 0. The molecule has 0 aliphatic carbocycles. The van der Waals surface area contributed by atoms with Gasteiger partial charge in [-0.05, 0) is 32.3 Å². The van der Waals surface area contributed by atoms with E-state index in [1.54, 1.807) is 18.2 Å². The molecule has 1 aromatic carbocycles. The van der Waals surface area contributed by atoms with E-state index in [0.717, 1.165) is 6.54 Å². The maximum absolute atomic E-state index is 12.4. The van der Waals surface area contributed by atoms with Gasteiger partial charge in [0.25, 0.3) is 0 Å². The normalized spacial score (nSPS) is 10.7. The number of urea groups is 1. The molecule has 0 atom stereocenters. The van der Waals surface area contributed by atoms with Gasteiger partial charge < -0.3 is 25.3 Å². The zero-order chi connectivity index (χ0) is 16.1. The minimum Gasteiger partial charge on any atom is -0.497 e. The second kappa shape index (κ2) is 6.95. The maximum Gasteiger partial charge on any atom is 0.319 e. The van der Waals surface area contributed by atoms with E-state index >= 15 is 0 Å². The van der Waals surface area contributed by atoms with Crippen molar-refractivity contribution < 1.29 is 9.53 Å². The molecule has 2 amide bonds. The van der Waals surface area contributed by atoms with Crippen LogP contribution in [-0.2, 0) is 0 Å². The van der Waals surface area contributed by atoms with Gasteiger partial charge in [0.1, 0.15) is 11.4 Å². The number of aromatic amines is 1. The van der Waals surface area contributed by atoms with Gasteiger partial charge >= 0.3 is 6.03 Å². The van der Waals surface area contributed by atoms with Crippen LogP contribution in [0.5, 0.6) is 5.75 Å². The number of rotatable bonds is 5. The number of carbonyl (C=O) groups is 1. The minimum absolute atomic E-state index is 0.197. The number of benzene rings is 1. The van der Waals surface area contributed by atoms with Gasteiger partial charge in [0, 0.05) is 24.8 Å². The van der Waals surface area contributed by atoms with Gasteiger partial charge in [-0.3, -0.25) is 4.79 Å². The zero-order valence-electron chi connectivity index (χ0n) is 12.9. The number of fused-ring (bicyclic) bond motifs is 1. The molecule has 0 unspecified atom stereocenters. The summed E-state index contributed by atoms with van der Waals surface area (Å²) in [6.45, 7) is 1.22. The zero-order valence-corrected chi connectivity index (χ0v) is 12.9. The van der Waals surface area contributed by atoms with Gasteiger partial charge in [0.2, 0.25) is 5.43 Å². The van der Waals surface area contributed by atoms with Crippen LogP contribution in [0, 0.1) is 0 Å². The van der Waals surface area contributed by atoms with E-state index in [2.05, 4.69) is 15.6 Å². The molecule has 7 nitrogen and oxygen atoms in total. The van der Waals surface area contributed by atoms with Crippen LogP contribution >= 0.6 is 0 Å². The highest BCUT2D eigenvalue weighted by molar-refractivity contribution is 5.92. The van der Waals surface area contributed by atoms with Crippen molar-refractivity contribution in [3.8, 4) is 5.75 Å². The number of likely N-dealkylation sites (N-methyl/N-ethyl adjacent to an activating group) is 1. The number of hydrogen-bond donors (Lipinski definition) is 3. The highest BCUT2D eigenvalue weighted by Gasteiger charge is 2.09. The molecule has 3 N–H and O–H groups in total. The Balaban J connectivity index is 2.16. The van der Waals surface area contributed by atoms with Crippen molar-refractivity contribution in [3.05, 3.63) is 34.6 Å². The number of H-pyrrole nitrogens is 1. The molecule has 22 heavy (non-hydrogen) atoms. The molecule has 2 aromatic rings. The maximum atomic E-state index is 12.4. The van der Waals surface area contributed by atoms with Gasteiger partial charge in [-0.15, -0.1) is 0 Å². The number of amides is 2. The summed E-state index contributed by atoms with van der Waals surface area (Å²) in [6, 6.07) is 4.76. The minimum atomic E-state index is -0.408. The molecular formula is C15H20N4O3. The van der Waals surface area contributed by atoms with E-state index in [1.165, 1.54) is 13.3 Å². The lowest BCUT2D eigenvalue weighted by Gasteiger charge is -2.11. The molecule has 2 rings (SSSR count). The van der Waals surface area contributed by atoms with Crippen molar-refractivity contribution in [2.24, 2.45) is 0 Å². The highest BCUT2D eigenvalue weighted by atomic mass is 16.5. The standard InChI is InChI=1S/C15H20N4O3/c1-19(2)7-6-16-15(21)18-13-9-17-12-5-4-10(22-3)8-11(12)14(13)20/h4-5,8-9H,6-7H2,1-3H3,(H,17,20)(H2,16,18,21). The smallest absolute Gasteiger partial charge is 0.319 e. The first kappa shape index (κ1) is 15.8. The van der Waals surface area contributed by atoms with Gasteiger partial charge in [0.05, 0.1) is 12.5 Å². The van der Waals surface area contributed by atoms with Crippen molar-refractivity contribution in [1.82, 2.24) is 15.2 Å². The van der Waals surface area contributed by atoms with Gasteiger partial charge in [0.15, 0.2) is 0 Å². The van der Waals surface area contributed by atoms with Crippen LogP contribution in [-0.4, -0.2) is 50.2 Å². The van der Waals surface area contributed by atoms with Crippen LogP contribution in [0.3, 0.4) is 0 Å². The predicted molar refractivity (Wildman–Crippen MR) is 86.7 cm³/mol. The van der Waals surface area contributed by atoms with E-state index in [4.69, 9.17) is 4.74 Å². The van der Waals surface area contributed by atoms with E-state index in [-0.39, 0.29) is 11.1 Å². The quantitative estimate of drug-likeness (QED) is 0.775. The Kier molecular flexibility index (Phi) is 5.00. The van der Waals surface area contributed by atoms with Crippen molar-refractivity contribution in [3.63, 3.8) is 0 Å². The first-order valence-corrected chi connectivity index (χ1v) is 6.90. The van der Waals surface area contributed by atoms with Crippen molar-refractivity contribution >= 4 is 22.6 Å². The summed E-state index contributed by atoms with van der Waals surface area (Å²) in [5, 5.41) is 5.71. The van der Waals surface area contributed by atoms with Crippen LogP contribution in [0.4, 0.5) is 10.5 Å². The number of pyridine rings is 1.